The highest BCUT2D eigenvalue weighted by atomic mass is 35.5. The Balaban J connectivity index is 1.38. The third-order valence-electron chi connectivity index (χ3n) is 5.04. The molecule has 1 aliphatic heterocycles. The molecule has 29 heavy (non-hydrogen) atoms. The summed E-state index contributed by atoms with van der Waals surface area (Å²) >= 11 is 7.70. The van der Waals surface area contributed by atoms with Crippen molar-refractivity contribution in [1.82, 2.24) is 24.8 Å². The van der Waals surface area contributed by atoms with Crippen LogP contribution in [0.15, 0.2) is 42.5 Å². The minimum absolute atomic E-state index is 0.0648. The van der Waals surface area contributed by atoms with E-state index in [2.05, 4.69) is 43.1 Å². The minimum atomic E-state index is 0.0648. The number of para-hydroxylation sites is 1. The standard InChI is InChI=1S/C20H24ClN7S/c1-14(28-11-9-27(10-12-28)13-16-7-8-17(21)29-16)18-24-19(22)26-20(25-18)23-15-5-3-2-4-6-15/h2-8,14H,9-13H2,1H3,(H3,22,23,24,25,26)/t14-/m1/s1. The Morgan fingerprint density at radius 3 is 2.52 bits per heavy atom. The summed E-state index contributed by atoms with van der Waals surface area (Å²) in [6.07, 6.45) is 0. The quantitative estimate of drug-likeness (QED) is 0.616. The van der Waals surface area contributed by atoms with Crippen molar-refractivity contribution in [1.29, 1.82) is 0 Å². The van der Waals surface area contributed by atoms with Crippen molar-refractivity contribution in [2.24, 2.45) is 0 Å². The molecule has 0 aliphatic carbocycles. The van der Waals surface area contributed by atoms with Crippen LogP contribution in [0.3, 0.4) is 0 Å². The fraction of sp³-hybridized carbons (Fsp3) is 0.350. The van der Waals surface area contributed by atoms with E-state index in [1.165, 1.54) is 4.88 Å². The second kappa shape index (κ2) is 9.04. The van der Waals surface area contributed by atoms with Crippen molar-refractivity contribution in [2.75, 3.05) is 37.2 Å². The highest BCUT2D eigenvalue weighted by Crippen LogP contribution is 2.25. The molecule has 0 spiro atoms. The Morgan fingerprint density at radius 2 is 1.83 bits per heavy atom. The van der Waals surface area contributed by atoms with Crippen LogP contribution in [0.4, 0.5) is 17.6 Å². The lowest BCUT2D eigenvalue weighted by molar-refractivity contribution is 0.0954. The van der Waals surface area contributed by atoms with Crippen molar-refractivity contribution >= 4 is 40.5 Å². The fourth-order valence-corrected chi connectivity index (χ4v) is 4.56. The lowest BCUT2D eigenvalue weighted by Gasteiger charge is -2.37. The van der Waals surface area contributed by atoms with Crippen molar-refractivity contribution in [3.8, 4) is 0 Å². The van der Waals surface area contributed by atoms with E-state index in [1.54, 1.807) is 11.3 Å². The van der Waals surface area contributed by atoms with Gasteiger partial charge in [0.2, 0.25) is 11.9 Å². The molecular formula is C20H24ClN7S. The summed E-state index contributed by atoms with van der Waals surface area (Å²) < 4.78 is 0.847. The highest BCUT2D eigenvalue weighted by molar-refractivity contribution is 7.16. The van der Waals surface area contributed by atoms with Gasteiger partial charge in [-0.15, -0.1) is 11.3 Å². The van der Waals surface area contributed by atoms with Crippen LogP contribution in [0.25, 0.3) is 0 Å². The molecule has 0 radical (unpaired) electrons. The SMILES string of the molecule is C[C@H](c1nc(N)nc(Nc2ccccc2)n1)N1CCN(Cc2ccc(Cl)s2)CC1. The van der Waals surface area contributed by atoms with Gasteiger partial charge in [-0.05, 0) is 31.2 Å². The average molecular weight is 430 g/mol. The Bertz CT molecular complexity index is 941. The van der Waals surface area contributed by atoms with E-state index in [0.717, 1.165) is 42.7 Å². The minimum Gasteiger partial charge on any atom is -0.368 e. The van der Waals surface area contributed by atoms with Gasteiger partial charge in [0.15, 0.2) is 5.82 Å². The summed E-state index contributed by atoms with van der Waals surface area (Å²) in [4.78, 5) is 19.4. The number of anilines is 3. The molecule has 0 amide bonds. The topological polar surface area (TPSA) is 83.2 Å². The summed E-state index contributed by atoms with van der Waals surface area (Å²) in [5, 5.41) is 3.20. The molecule has 0 saturated carbocycles. The van der Waals surface area contributed by atoms with Crippen molar-refractivity contribution in [3.63, 3.8) is 0 Å². The van der Waals surface area contributed by atoms with E-state index >= 15 is 0 Å². The van der Waals surface area contributed by atoms with Gasteiger partial charge in [0, 0.05) is 43.3 Å². The summed E-state index contributed by atoms with van der Waals surface area (Å²) in [6, 6.07) is 13.9. The van der Waals surface area contributed by atoms with Crippen LogP contribution in [0.5, 0.6) is 0 Å². The molecule has 3 aromatic rings. The predicted molar refractivity (Wildman–Crippen MR) is 119 cm³/mol. The first-order chi connectivity index (χ1) is 14.1. The molecular weight excluding hydrogens is 406 g/mol. The van der Waals surface area contributed by atoms with Gasteiger partial charge < -0.3 is 11.1 Å². The van der Waals surface area contributed by atoms with Crippen LogP contribution in [0.2, 0.25) is 4.34 Å². The first-order valence-electron chi connectivity index (χ1n) is 9.61. The van der Waals surface area contributed by atoms with E-state index in [9.17, 15) is 0 Å². The molecule has 152 valence electrons. The molecule has 0 bridgehead atoms. The average Bonchev–Trinajstić information content (AvgIpc) is 3.13. The Kier molecular flexibility index (Phi) is 6.25. The molecule has 1 fully saturated rings. The Morgan fingerprint density at radius 1 is 1.07 bits per heavy atom. The van der Waals surface area contributed by atoms with E-state index in [-0.39, 0.29) is 12.0 Å². The van der Waals surface area contributed by atoms with Gasteiger partial charge in [-0.25, -0.2) is 0 Å². The second-order valence-corrected chi connectivity index (χ2v) is 8.86. The van der Waals surface area contributed by atoms with Crippen LogP contribution < -0.4 is 11.1 Å². The summed E-state index contributed by atoms with van der Waals surface area (Å²) in [5.41, 5.74) is 6.87. The number of aromatic nitrogens is 3. The van der Waals surface area contributed by atoms with Gasteiger partial charge in [-0.1, -0.05) is 29.8 Å². The molecule has 3 N–H and O–H groups in total. The summed E-state index contributed by atoms with van der Waals surface area (Å²) in [7, 11) is 0. The molecule has 1 atom stereocenters. The van der Waals surface area contributed by atoms with Crippen molar-refractivity contribution in [2.45, 2.75) is 19.5 Å². The van der Waals surface area contributed by atoms with E-state index in [1.807, 2.05) is 36.4 Å². The number of benzene rings is 1. The number of hydrogen-bond acceptors (Lipinski definition) is 8. The van der Waals surface area contributed by atoms with Gasteiger partial charge >= 0.3 is 0 Å². The lowest BCUT2D eigenvalue weighted by atomic mass is 10.2. The maximum Gasteiger partial charge on any atom is 0.232 e. The number of halogens is 1. The smallest absolute Gasteiger partial charge is 0.232 e. The fourth-order valence-electron chi connectivity index (χ4n) is 3.43. The van der Waals surface area contributed by atoms with Gasteiger partial charge in [0.1, 0.15) is 0 Å². The number of nitrogens with two attached hydrogens (primary N) is 1. The largest absolute Gasteiger partial charge is 0.368 e. The number of piperazine rings is 1. The predicted octanol–water partition coefficient (Wildman–Crippen LogP) is 3.79. The number of nitrogen functional groups attached to an aromatic ring is 1. The van der Waals surface area contributed by atoms with Crippen LogP contribution >= 0.6 is 22.9 Å². The third-order valence-corrected chi connectivity index (χ3v) is 6.25. The first-order valence-corrected chi connectivity index (χ1v) is 10.8. The second-order valence-electron chi connectivity index (χ2n) is 7.06. The number of hydrogen-bond donors (Lipinski definition) is 2. The zero-order valence-corrected chi connectivity index (χ0v) is 17.8. The monoisotopic (exact) mass is 429 g/mol. The Hall–Kier alpha value is -2.26. The zero-order chi connectivity index (χ0) is 20.2. The maximum atomic E-state index is 6.04. The molecule has 1 aliphatic rings. The highest BCUT2D eigenvalue weighted by Gasteiger charge is 2.24. The van der Waals surface area contributed by atoms with Crippen molar-refractivity contribution in [3.05, 3.63) is 57.5 Å². The molecule has 9 heteroatoms. The van der Waals surface area contributed by atoms with Crippen LogP contribution in [-0.2, 0) is 6.54 Å². The number of thiophene rings is 1. The van der Waals surface area contributed by atoms with Crippen molar-refractivity contribution < 1.29 is 0 Å². The first kappa shape index (κ1) is 20.0. The molecule has 4 rings (SSSR count). The van der Waals surface area contributed by atoms with Crippen LogP contribution in [0, 0.1) is 0 Å². The van der Waals surface area contributed by atoms with E-state index in [0.29, 0.717) is 11.8 Å². The Labute approximate surface area is 179 Å². The normalized spacial score (nSPS) is 16.6. The van der Waals surface area contributed by atoms with E-state index < -0.39 is 0 Å². The number of rotatable bonds is 6. The molecule has 1 aromatic carbocycles. The summed E-state index contributed by atoms with van der Waals surface area (Å²) in [5.74, 6) is 1.39. The summed E-state index contributed by atoms with van der Waals surface area (Å²) in [6.45, 7) is 6.96. The van der Waals surface area contributed by atoms with Gasteiger partial charge in [-0.3, -0.25) is 9.80 Å². The van der Waals surface area contributed by atoms with Crippen LogP contribution in [-0.4, -0.2) is 50.9 Å². The van der Waals surface area contributed by atoms with Crippen LogP contribution in [0.1, 0.15) is 23.7 Å². The molecule has 2 aromatic heterocycles. The number of nitrogens with one attached hydrogen (secondary N) is 1. The van der Waals surface area contributed by atoms with Gasteiger partial charge in [0.25, 0.3) is 0 Å². The molecule has 0 unspecified atom stereocenters. The number of nitrogens with zero attached hydrogens (tertiary/aromatic N) is 5. The third kappa shape index (κ3) is 5.22. The van der Waals surface area contributed by atoms with E-state index in [4.69, 9.17) is 17.3 Å². The molecule has 1 saturated heterocycles. The maximum absolute atomic E-state index is 6.04. The lowest BCUT2D eigenvalue weighted by Crippen LogP contribution is -2.46. The van der Waals surface area contributed by atoms with Gasteiger partial charge in [0.05, 0.1) is 10.4 Å². The molecule has 3 heterocycles. The molecule has 7 nitrogen and oxygen atoms in total. The van der Waals surface area contributed by atoms with Gasteiger partial charge in [-0.2, -0.15) is 15.0 Å². The zero-order valence-electron chi connectivity index (χ0n) is 16.3.